The fourth-order valence-corrected chi connectivity index (χ4v) is 1.40. The molecular weight excluding hydrogens is 262 g/mol. The molecule has 0 aliphatic heterocycles. The Hall–Kier alpha value is -2.02. The first-order valence-corrected chi connectivity index (χ1v) is 5.45. The van der Waals surface area contributed by atoms with Crippen molar-refractivity contribution in [1.82, 2.24) is 0 Å². The van der Waals surface area contributed by atoms with Crippen molar-refractivity contribution in [3.05, 3.63) is 33.3 Å². The zero-order valence-corrected chi connectivity index (χ0v) is 10.1. The number of halogens is 1. The molecule has 1 aromatic carbocycles. The van der Waals surface area contributed by atoms with E-state index in [1.54, 1.807) is 0 Å². The third-order valence-electron chi connectivity index (χ3n) is 2.08. The molecule has 0 heterocycles. The van der Waals surface area contributed by atoms with E-state index in [-0.39, 0.29) is 23.9 Å². The number of hydrogen-bond acceptors (Lipinski definition) is 5. The molecule has 0 bridgehead atoms. The molecule has 8 heteroatoms. The van der Waals surface area contributed by atoms with Gasteiger partial charge >= 0.3 is 5.69 Å². The second-order valence-corrected chi connectivity index (χ2v) is 3.85. The second kappa shape index (κ2) is 6.65. The highest BCUT2D eigenvalue weighted by Crippen LogP contribution is 2.29. The molecule has 1 rings (SSSR count). The Labute approximate surface area is 108 Å². The summed E-state index contributed by atoms with van der Waals surface area (Å²) in [5.41, 5.74) is 5.12. The molecule has 7 nitrogen and oxygen atoms in total. The summed E-state index contributed by atoms with van der Waals surface area (Å²) in [4.78, 5) is 10.2. The van der Waals surface area contributed by atoms with Gasteiger partial charge in [-0.3, -0.25) is 10.1 Å². The molecule has 0 amide bonds. The molecule has 0 atom stereocenters. The third-order valence-corrected chi connectivity index (χ3v) is 2.32. The van der Waals surface area contributed by atoms with Gasteiger partial charge in [0.25, 0.3) is 0 Å². The molecule has 1 aromatic rings. The van der Waals surface area contributed by atoms with Gasteiger partial charge in [-0.2, -0.15) is 0 Å². The number of benzene rings is 1. The van der Waals surface area contributed by atoms with Crippen molar-refractivity contribution in [1.29, 1.82) is 0 Å². The van der Waals surface area contributed by atoms with Crippen molar-refractivity contribution in [2.45, 2.75) is 12.8 Å². The molecule has 0 saturated carbocycles. The van der Waals surface area contributed by atoms with Gasteiger partial charge in [-0.1, -0.05) is 16.8 Å². The van der Waals surface area contributed by atoms with Crippen LogP contribution in [-0.4, -0.2) is 22.6 Å². The minimum absolute atomic E-state index is 0.0826. The molecule has 98 valence electrons. The molecule has 0 aromatic heterocycles. The highest BCUT2D eigenvalue weighted by molar-refractivity contribution is 6.30. The number of oxime groups is 1. The van der Waals surface area contributed by atoms with E-state index < -0.39 is 4.92 Å². The highest BCUT2D eigenvalue weighted by Gasteiger charge is 2.15. The van der Waals surface area contributed by atoms with Gasteiger partial charge < -0.3 is 15.7 Å². The van der Waals surface area contributed by atoms with Crippen LogP contribution in [0.3, 0.4) is 0 Å². The van der Waals surface area contributed by atoms with E-state index in [1.807, 2.05) is 0 Å². The van der Waals surface area contributed by atoms with E-state index in [0.29, 0.717) is 17.9 Å². The number of rotatable bonds is 6. The molecule has 0 saturated heterocycles. The molecular formula is C10H12ClN3O4. The SMILES string of the molecule is NC(CCCOc1cc(Cl)ccc1[N+](=O)[O-])=NO. The van der Waals surface area contributed by atoms with Crippen molar-refractivity contribution >= 4 is 23.1 Å². The molecule has 0 fully saturated rings. The lowest BCUT2D eigenvalue weighted by molar-refractivity contribution is -0.385. The molecule has 0 aliphatic carbocycles. The summed E-state index contributed by atoms with van der Waals surface area (Å²) in [7, 11) is 0. The second-order valence-electron chi connectivity index (χ2n) is 3.41. The highest BCUT2D eigenvalue weighted by atomic mass is 35.5. The predicted octanol–water partition coefficient (Wildman–Crippen LogP) is 2.15. The number of ether oxygens (including phenoxy) is 1. The number of hydrogen-bond donors (Lipinski definition) is 2. The van der Waals surface area contributed by atoms with Crippen LogP contribution in [-0.2, 0) is 0 Å². The first-order chi connectivity index (χ1) is 8.54. The monoisotopic (exact) mass is 273 g/mol. The largest absolute Gasteiger partial charge is 0.487 e. The van der Waals surface area contributed by atoms with Gasteiger partial charge in [0.15, 0.2) is 5.75 Å². The van der Waals surface area contributed by atoms with Crippen LogP contribution in [0.15, 0.2) is 23.4 Å². The molecule has 0 unspecified atom stereocenters. The Morgan fingerprint density at radius 2 is 2.33 bits per heavy atom. The Balaban J connectivity index is 2.61. The van der Waals surface area contributed by atoms with E-state index in [4.69, 9.17) is 27.3 Å². The first-order valence-electron chi connectivity index (χ1n) is 5.07. The van der Waals surface area contributed by atoms with Crippen molar-refractivity contribution in [2.24, 2.45) is 10.9 Å². The van der Waals surface area contributed by atoms with E-state index in [0.717, 1.165) is 0 Å². The van der Waals surface area contributed by atoms with Gasteiger partial charge in [-0.25, -0.2) is 0 Å². The first kappa shape index (κ1) is 14.0. The van der Waals surface area contributed by atoms with Crippen LogP contribution >= 0.6 is 11.6 Å². The summed E-state index contributed by atoms with van der Waals surface area (Å²) in [6.45, 7) is 0.206. The Bertz CT molecular complexity index is 464. The van der Waals surface area contributed by atoms with Gasteiger partial charge in [0.2, 0.25) is 0 Å². The van der Waals surface area contributed by atoms with Crippen LogP contribution in [0.25, 0.3) is 0 Å². The van der Waals surface area contributed by atoms with Crippen LogP contribution in [0, 0.1) is 10.1 Å². The van der Waals surface area contributed by atoms with E-state index in [9.17, 15) is 10.1 Å². The van der Waals surface area contributed by atoms with Crippen molar-refractivity contribution < 1.29 is 14.9 Å². The van der Waals surface area contributed by atoms with Gasteiger partial charge in [-0.05, 0) is 12.5 Å². The number of amidine groups is 1. The Kier molecular flexibility index (Phi) is 5.19. The Morgan fingerprint density at radius 1 is 1.61 bits per heavy atom. The molecule has 3 N–H and O–H groups in total. The Morgan fingerprint density at radius 3 is 2.94 bits per heavy atom. The maximum atomic E-state index is 10.7. The zero-order chi connectivity index (χ0) is 13.5. The van der Waals surface area contributed by atoms with Gasteiger partial charge in [-0.15, -0.1) is 0 Å². The summed E-state index contributed by atoms with van der Waals surface area (Å²) in [5.74, 6) is 0.186. The molecule has 0 radical (unpaired) electrons. The third kappa shape index (κ3) is 4.10. The molecule has 0 spiro atoms. The lowest BCUT2D eigenvalue weighted by Crippen LogP contribution is -2.13. The van der Waals surface area contributed by atoms with Gasteiger partial charge in [0, 0.05) is 23.6 Å². The van der Waals surface area contributed by atoms with Crippen LogP contribution in [0.1, 0.15) is 12.8 Å². The van der Waals surface area contributed by atoms with E-state index in [2.05, 4.69) is 5.16 Å². The van der Waals surface area contributed by atoms with Crippen LogP contribution in [0.2, 0.25) is 5.02 Å². The zero-order valence-electron chi connectivity index (χ0n) is 9.38. The van der Waals surface area contributed by atoms with Gasteiger partial charge in [0.05, 0.1) is 11.5 Å². The maximum Gasteiger partial charge on any atom is 0.311 e. The predicted molar refractivity (Wildman–Crippen MR) is 66.2 cm³/mol. The fourth-order valence-electron chi connectivity index (χ4n) is 1.24. The summed E-state index contributed by atoms with van der Waals surface area (Å²) in [6.07, 6.45) is 0.810. The molecule has 18 heavy (non-hydrogen) atoms. The average molecular weight is 274 g/mol. The minimum Gasteiger partial charge on any atom is -0.487 e. The maximum absolute atomic E-state index is 10.7. The smallest absolute Gasteiger partial charge is 0.311 e. The summed E-state index contributed by atoms with van der Waals surface area (Å²) in [6, 6.07) is 4.08. The van der Waals surface area contributed by atoms with Crippen molar-refractivity contribution in [3.8, 4) is 5.75 Å². The van der Waals surface area contributed by atoms with Crippen LogP contribution in [0.5, 0.6) is 5.75 Å². The molecule has 0 aliphatic rings. The van der Waals surface area contributed by atoms with Crippen molar-refractivity contribution in [2.75, 3.05) is 6.61 Å². The number of nitro groups is 1. The quantitative estimate of drug-likeness (QED) is 0.206. The summed E-state index contributed by atoms with van der Waals surface area (Å²) in [5, 5.41) is 22.2. The minimum atomic E-state index is -0.546. The summed E-state index contributed by atoms with van der Waals surface area (Å²) >= 11 is 5.73. The van der Waals surface area contributed by atoms with Crippen molar-refractivity contribution in [3.63, 3.8) is 0 Å². The van der Waals surface area contributed by atoms with E-state index in [1.165, 1.54) is 18.2 Å². The normalized spacial score (nSPS) is 11.3. The lowest BCUT2D eigenvalue weighted by atomic mass is 10.3. The fraction of sp³-hybridized carbons (Fsp3) is 0.300. The standard InChI is InChI=1S/C10H12ClN3O4/c11-7-3-4-8(14(16)17)9(6-7)18-5-1-2-10(12)13-15/h3-4,6,15H,1-2,5H2,(H2,12,13). The lowest BCUT2D eigenvalue weighted by Gasteiger charge is -2.06. The summed E-state index contributed by atoms with van der Waals surface area (Å²) < 4.78 is 5.26. The van der Waals surface area contributed by atoms with E-state index >= 15 is 0 Å². The topological polar surface area (TPSA) is 111 Å². The number of nitro benzene ring substituents is 1. The number of nitrogens with two attached hydrogens (primary N) is 1. The van der Waals surface area contributed by atoms with Crippen LogP contribution < -0.4 is 10.5 Å². The van der Waals surface area contributed by atoms with Crippen LogP contribution in [0.4, 0.5) is 5.69 Å². The average Bonchev–Trinajstić information content (AvgIpc) is 2.34. The number of nitrogens with zero attached hydrogens (tertiary/aromatic N) is 2. The van der Waals surface area contributed by atoms with Gasteiger partial charge in [0.1, 0.15) is 5.84 Å².